The molecule has 276 valence electrons. The number of hydrogen-bond acceptors (Lipinski definition) is 10. The second-order valence-electron chi connectivity index (χ2n) is 14.1. The number of amides is 4. The highest BCUT2D eigenvalue weighted by Gasteiger charge is 2.62. The van der Waals surface area contributed by atoms with E-state index in [4.69, 9.17) is 14.2 Å². The van der Waals surface area contributed by atoms with E-state index in [1.807, 2.05) is 25.1 Å². The molecule has 4 N–H and O–H groups in total. The smallest absolute Gasteiger partial charge is 0.405 e. The molecule has 4 aliphatic rings. The summed E-state index contributed by atoms with van der Waals surface area (Å²) in [6.07, 6.45) is 6.05. The van der Waals surface area contributed by atoms with Gasteiger partial charge in [0.05, 0.1) is 25.5 Å². The summed E-state index contributed by atoms with van der Waals surface area (Å²) in [6, 6.07) is 4.75. The maximum absolute atomic E-state index is 14.5. The summed E-state index contributed by atoms with van der Waals surface area (Å²) in [6.45, 7) is 2.01. The molecule has 1 saturated heterocycles. The molecule has 2 aliphatic carbocycles. The van der Waals surface area contributed by atoms with Gasteiger partial charge in [0.1, 0.15) is 29.5 Å². The van der Waals surface area contributed by atoms with Gasteiger partial charge in [-0.15, -0.1) is 0 Å². The van der Waals surface area contributed by atoms with Gasteiger partial charge in [-0.3, -0.25) is 19.1 Å². The van der Waals surface area contributed by atoms with Crippen molar-refractivity contribution < 1.29 is 46.9 Å². The summed E-state index contributed by atoms with van der Waals surface area (Å²) in [5.74, 6) is -2.18. The van der Waals surface area contributed by atoms with Crippen molar-refractivity contribution >= 4 is 44.6 Å². The molecule has 0 radical (unpaired) electrons. The van der Waals surface area contributed by atoms with Gasteiger partial charge in [0.2, 0.25) is 27.7 Å². The van der Waals surface area contributed by atoms with Gasteiger partial charge in [0, 0.05) is 36.9 Å². The lowest BCUT2D eigenvalue weighted by molar-refractivity contribution is -0.142. The molecule has 3 fully saturated rings. The monoisotopic (exact) mass is 727 g/mol. The number of nitrogens with one attached hydrogen (secondary N) is 3. The Morgan fingerprint density at radius 3 is 2.63 bits per heavy atom. The predicted octanol–water partition coefficient (Wildman–Crippen LogP) is 2.35. The minimum atomic E-state index is -3.91. The quantitative estimate of drug-likeness (QED) is 0.276. The molecule has 1 aromatic heterocycles. The van der Waals surface area contributed by atoms with Crippen LogP contribution in [0, 0.1) is 17.8 Å². The number of ether oxygens (including phenoxy) is 3. The highest BCUT2D eigenvalue weighted by Crippen LogP contribution is 2.46. The molecule has 0 unspecified atom stereocenters. The molecular weight excluding hydrogens is 682 g/mol. The van der Waals surface area contributed by atoms with Crippen LogP contribution in [0.15, 0.2) is 42.6 Å². The first-order valence-corrected chi connectivity index (χ1v) is 18.8. The fourth-order valence-electron chi connectivity index (χ4n) is 7.33. The van der Waals surface area contributed by atoms with Gasteiger partial charge in [0.25, 0.3) is 5.91 Å². The van der Waals surface area contributed by atoms with Crippen LogP contribution >= 0.6 is 0 Å². The topological polar surface area (TPSA) is 203 Å². The molecule has 6 rings (SSSR count). The van der Waals surface area contributed by atoms with E-state index in [1.165, 1.54) is 12.0 Å². The first kappa shape index (κ1) is 36.4. The number of carboxylic acid groups (broad SMARTS) is 1. The van der Waals surface area contributed by atoms with Crippen LogP contribution in [0.1, 0.15) is 51.9 Å². The Morgan fingerprint density at radius 1 is 1.14 bits per heavy atom. The van der Waals surface area contributed by atoms with Crippen molar-refractivity contribution in [2.45, 2.75) is 80.8 Å². The van der Waals surface area contributed by atoms with Gasteiger partial charge in [-0.2, -0.15) is 0 Å². The van der Waals surface area contributed by atoms with Crippen LogP contribution in [0.2, 0.25) is 0 Å². The van der Waals surface area contributed by atoms with Gasteiger partial charge in [-0.1, -0.05) is 19.1 Å². The Hall–Kier alpha value is -4.44. The van der Waals surface area contributed by atoms with Crippen LogP contribution in [-0.2, 0) is 29.1 Å². The Bertz CT molecular complexity index is 1820. The zero-order valence-electron chi connectivity index (χ0n) is 28.9. The largest absolute Gasteiger partial charge is 0.497 e. The van der Waals surface area contributed by atoms with E-state index < -0.39 is 74.7 Å². The first-order chi connectivity index (χ1) is 24.3. The number of pyridine rings is 1. The van der Waals surface area contributed by atoms with Gasteiger partial charge in [-0.25, -0.2) is 18.2 Å². The SMILES string of the molecule is COC[C@@H]1C[C@@H](C)CC/C=C\[C@@H]2C[C@@]2(C(=O)NS(=O)(=O)C2CC2)NC(=O)[C@@H]2C[C@@H](Oc3nccc4cc(OC)ccc34)CN2C(=O)[C@H]1NC(=O)O. The van der Waals surface area contributed by atoms with E-state index >= 15 is 0 Å². The van der Waals surface area contributed by atoms with E-state index in [0.29, 0.717) is 43.2 Å². The first-order valence-electron chi connectivity index (χ1n) is 17.3. The second-order valence-corrected chi connectivity index (χ2v) is 16.1. The van der Waals surface area contributed by atoms with Gasteiger partial charge in [0.15, 0.2) is 0 Å². The number of aromatic nitrogens is 1. The molecular formula is C35H45N5O10S. The Morgan fingerprint density at radius 2 is 1.92 bits per heavy atom. The van der Waals surface area contributed by atoms with Crippen molar-refractivity contribution in [2.24, 2.45) is 17.8 Å². The highest BCUT2D eigenvalue weighted by atomic mass is 32.2. The molecule has 3 heterocycles. The van der Waals surface area contributed by atoms with Crippen molar-refractivity contribution in [1.29, 1.82) is 0 Å². The molecule has 0 bridgehead atoms. The lowest BCUT2D eigenvalue weighted by Crippen LogP contribution is -2.59. The predicted molar refractivity (Wildman–Crippen MR) is 184 cm³/mol. The standard InChI is InChI=1S/C35H45N5O10S/c1-20-6-4-5-7-23-17-35(23,33(43)39-51(46,47)26-9-10-26)38-30(41)28-16-25(50-31-27-11-8-24(49-3)15-21(27)12-13-36-31)18-40(28)32(42)29(37-34(44)45)22(14-20)19-48-2/h5,7-8,11-13,15,20,22-23,25-26,28-29,37H,4,6,9-10,14,16-19H2,1-3H3,(H,38,41)(H,39,43)(H,44,45)/b7-5-/t20-,22-,23+,25+,28-,29-,35+/m0/s1. The van der Waals surface area contributed by atoms with Crippen LogP contribution in [0.4, 0.5) is 4.79 Å². The van der Waals surface area contributed by atoms with E-state index in [2.05, 4.69) is 20.3 Å². The molecule has 1 aromatic carbocycles. The third-order valence-electron chi connectivity index (χ3n) is 10.3. The molecule has 16 heteroatoms. The molecule has 0 spiro atoms. The maximum atomic E-state index is 14.5. The number of fused-ring (bicyclic) bond motifs is 3. The van der Waals surface area contributed by atoms with Crippen molar-refractivity contribution in [3.05, 3.63) is 42.6 Å². The summed E-state index contributed by atoms with van der Waals surface area (Å²) < 4.78 is 44.9. The van der Waals surface area contributed by atoms with Crippen molar-refractivity contribution in [1.82, 2.24) is 25.2 Å². The van der Waals surface area contributed by atoms with Crippen LogP contribution in [0.5, 0.6) is 11.6 Å². The normalized spacial score (nSPS) is 30.5. The van der Waals surface area contributed by atoms with E-state index in [1.54, 1.807) is 31.5 Å². The molecule has 7 atom stereocenters. The summed E-state index contributed by atoms with van der Waals surface area (Å²) in [5, 5.41) is 15.9. The van der Waals surface area contributed by atoms with Crippen LogP contribution in [-0.4, -0.2) is 104 Å². The van der Waals surface area contributed by atoms with Crippen LogP contribution in [0.25, 0.3) is 10.8 Å². The number of sulfonamides is 1. The van der Waals surface area contributed by atoms with Crippen molar-refractivity contribution in [3.63, 3.8) is 0 Å². The lowest BCUT2D eigenvalue weighted by Gasteiger charge is -2.33. The molecule has 15 nitrogen and oxygen atoms in total. The number of carbonyl (C=O) groups excluding carboxylic acids is 3. The molecule has 2 aliphatic heterocycles. The Kier molecular flexibility index (Phi) is 10.4. The number of allylic oxidation sites excluding steroid dienone is 1. The third-order valence-corrected chi connectivity index (χ3v) is 12.1. The van der Waals surface area contributed by atoms with Gasteiger partial charge < -0.3 is 34.9 Å². The van der Waals surface area contributed by atoms with Crippen molar-refractivity contribution in [3.8, 4) is 11.6 Å². The summed E-state index contributed by atoms with van der Waals surface area (Å²) in [7, 11) is -0.869. The highest BCUT2D eigenvalue weighted by molar-refractivity contribution is 7.91. The number of hydrogen-bond donors (Lipinski definition) is 4. The summed E-state index contributed by atoms with van der Waals surface area (Å²) in [4.78, 5) is 60.3. The average molecular weight is 728 g/mol. The molecule has 2 aromatic rings. The lowest BCUT2D eigenvalue weighted by atomic mass is 9.87. The zero-order valence-corrected chi connectivity index (χ0v) is 29.7. The number of nitrogens with zero attached hydrogens (tertiary/aromatic N) is 2. The van der Waals surface area contributed by atoms with E-state index in [0.717, 1.165) is 5.39 Å². The number of carbonyl (C=O) groups is 4. The van der Waals surface area contributed by atoms with Gasteiger partial charge >= 0.3 is 6.09 Å². The maximum Gasteiger partial charge on any atom is 0.405 e. The van der Waals surface area contributed by atoms with E-state index in [9.17, 15) is 32.7 Å². The minimum absolute atomic E-state index is 0.00445. The van der Waals surface area contributed by atoms with Gasteiger partial charge in [-0.05, 0) is 74.1 Å². The van der Waals surface area contributed by atoms with Crippen molar-refractivity contribution in [2.75, 3.05) is 27.4 Å². The van der Waals surface area contributed by atoms with Crippen LogP contribution < -0.4 is 24.8 Å². The molecule has 2 saturated carbocycles. The third kappa shape index (κ3) is 7.91. The zero-order chi connectivity index (χ0) is 36.5. The molecule has 51 heavy (non-hydrogen) atoms. The fraction of sp³-hybridized carbons (Fsp3) is 0.571. The Balaban J connectivity index is 1.35. The molecule has 4 amide bonds. The summed E-state index contributed by atoms with van der Waals surface area (Å²) >= 11 is 0. The Labute approximate surface area is 296 Å². The number of methoxy groups -OCH3 is 2. The number of benzene rings is 1. The second kappa shape index (κ2) is 14.7. The van der Waals surface area contributed by atoms with Crippen LogP contribution in [0.3, 0.4) is 0 Å². The summed E-state index contributed by atoms with van der Waals surface area (Å²) in [5.41, 5.74) is -1.54. The van der Waals surface area contributed by atoms with E-state index in [-0.39, 0.29) is 37.8 Å². The average Bonchev–Trinajstić information content (AvgIpc) is 4.02. The minimum Gasteiger partial charge on any atom is -0.497 e. The fourth-order valence-corrected chi connectivity index (χ4v) is 8.70. The number of rotatable bonds is 9.